The number of halogens is 2. The largest absolute Gasteiger partial charge is 0.481 e. The zero-order valence-corrected chi connectivity index (χ0v) is 11.1. The highest BCUT2D eigenvalue weighted by molar-refractivity contribution is 5.29. The Morgan fingerprint density at radius 1 is 1.30 bits per heavy atom. The van der Waals surface area contributed by atoms with E-state index in [0.717, 1.165) is 6.07 Å². The van der Waals surface area contributed by atoms with Crippen LogP contribution in [0.4, 0.5) is 8.78 Å². The van der Waals surface area contributed by atoms with Gasteiger partial charge in [0.25, 0.3) is 0 Å². The summed E-state index contributed by atoms with van der Waals surface area (Å²) < 4.78 is 32.5. The van der Waals surface area contributed by atoms with Gasteiger partial charge in [0.1, 0.15) is 18.0 Å². The number of methoxy groups -OCH3 is 1. The van der Waals surface area contributed by atoms with Gasteiger partial charge in [-0.2, -0.15) is 0 Å². The van der Waals surface area contributed by atoms with Crippen LogP contribution in [0.25, 0.3) is 0 Å². The number of hydrogen-bond acceptors (Lipinski definition) is 4. The number of aromatic nitrogens is 2. The van der Waals surface area contributed by atoms with Crippen molar-refractivity contribution in [3.05, 3.63) is 53.0 Å². The second kappa shape index (κ2) is 5.92. The molecule has 6 heteroatoms. The fourth-order valence-electron chi connectivity index (χ4n) is 1.88. The van der Waals surface area contributed by atoms with E-state index in [1.165, 1.54) is 32.5 Å². The first-order valence-electron chi connectivity index (χ1n) is 6.00. The molecule has 20 heavy (non-hydrogen) atoms. The molecule has 0 aliphatic heterocycles. The SMILES string of the molecule is COc1cc(CC(O)c2c(F)ccc(C)c2F)ncn1. The van der Waals surface area contributed by atoms with Gasteiger partial charge in [-0.3, -0.25) is 0 Å². The van der Waals surface area contributed by atoms with Crippen LogP contribution in [0.5, 0.6) is 5.88 Å². The molecule has 0 fully saturated rings. The fourth-order valence-corrected chi connectivity index (χ4v) is 1.88. The van der Waals surface area contributed by atoms with Crippen molar-refractivity contribution in [2.75, 3.05) is 7.11 Å². The molecular formula is C14H14F2N2O2. The molecule has 0 saturated heterocycles. The second-order valence-electron chi connectivity index (χ2n) is 4.36. The van der Waals surface area contributed by atoms with E-state index >= 15 is 0 Å². The molecule has 0 spiro atoms. The molecule has 0 amide bonds. The van der Waals surface area contributed by atoms with Gasteiger partial charge < -0.3 is 9.84 Å². The Morgan fingerprint density at radius 2 is 2.05 bits per heavy atom. The summed E-state index contributed by atoms with van der Waals surface area (Å²) in [5.74, 6) is -1.19. The number of ether oxygens (including phenoxy) is 1. The lowest BCUT2D eigenvalue weighted by atomic mass is 10.0. The minimum Gasteiger partial charge on any atom is -0.481 e. The van der Waals surface area contributed by atoms with E-state index in [-0.39, 0.29) is 17.5 Å². The summed E-state index contributed by atoms with van der Waals surface area (Å²) in [4.78, 5) is 7.76. The van der Waals surface area contributed by atoms with Crippen LogP contribution < -0.4 is 4.74 Å². The summed E-state index contributed by atoms with van der Waals surface area (Å²) in [5.41, 5.74) is 0.368. The second-order valence-corrected chi connectivity index (χ2v) is 4.36. The van der Waals surface area contributed by atoms with E-state index in [1.807, 2.05) is 0 Å². The lowest BCUT2D eigenvalue weighted by molar-refractivity contribution is 0.167. The van der Waals surface area contributed by atoms with Crippen LogP contribution in [0.2, 0.25) is 0 Å². The minimum atomic E-state index is -1.32. The molecule has 106 valence electrons. The highest BCUT2D eigenvalue weighted by atomic mass is 19.1. The number of aliphatic hydroxyl groups excluding tert-OH is 1. The Hall–Kier alpha value is -2.08. The van der Waals surface area contributed by atoms with Crippen molar-refractivity contribution in [1.82, 2.24) is 9.97 Å². The number of nitrogens with zero attached hydrogens (tertiary/aromatic N) is 2. The van der Waals surface area contributed by atoms with E-state index < -0.39 is 17.7 Å². The molecule has 1 N–H and O–H groups in total. The minimum absolute atomic E-state index is 0.0316. The van der Waals surface area contributed by atoms with Crippen molar-refractivity contribution in [2.24, 2.45) is 0 Å². The Balaban J connectivity index is 2.28. The van der Waals surface area contributed by atoms with Crippen molar-refractivity contribution in [1.29, 1.82) is 0 Å². The summed E-state index contributed by atoms with van der Waals surface area (Å²) in [6.45, 7) is 1.51. The Labute approximate surface area is 115 Å². The van der Waals surface area contributed by atoms with Crippen LogP contribution in [0.3, 0.4) is 0 Å². The molecule has 0 bridgehead atoms. The first kappa shape index (κ1) is 14.3. The average Bonchev–Trinajstić information content (AvgIpc) is 2.43. The predicted molar refractivity (Wildman–Crippen MR) is 68.3 cm³/mol. The lowest BCUT2D eigenvalue weighted by Gasteiger charge is -2.14. The van der Waals surface area contributed by atoms with E-state index in [9.17, 15) is 13.9 Å². The van der Waals surface area contributed by atoms with Gasteiger partial charge in [-0.25, -0.2) is 18.7 Å². The zero-order chi connectivity index (χ0) is 14.7. The van der Waals surface area contributed by atoms with Crippen molar-refractivity contribution in [2.45, 2.75) is 19.4 Å². The fraction of sp³-hybridized carbons (Fsp3) is 0.286. The summed E-state index contributed by atoms with van der Waals surface area (Å²) >= 11 is 0. The molecule has 4 nitrogen and oxygen atoms in total. The predicted octanol–water partition coefficient (Wildman–Crippen LogP) is 2.35. The van der Waals surface area contributed by atoms with Crippen LogP contribution in [-0.4, -0.2) is 22.2 Å². The molecule has 0 saturated carbocycles. The first-order chi connectivity index (χ1) is 9.52. The molecule has 0 radical (unpaired) electrons. The van der Waals surface area contributed by atoms with Crippen molar-refractivity contribution in [3.63, 3.8) is 0 Å². The standard InChI is InChI=1S/C14H14F2N2O2/c1-8-3-4-10(15)13(14(8)16)11(19)5-9-6-12(20-2)18-7-17-9/h3-4,6-7,11,19H,5H2,1-2H3. The Morgan fingerprint density at radius 3 is 2.75 bits per heavy atom. The van der Waals surface area contributed by atoms with Gasteiger partial charge in [0.2, 0.25) is 5.88 Å². The number of aryl methyl sites for hydroxylation is 1. The highest BCUT2D eigenvalue weighted by Gasteiger charge is 2.20. The topological polar surface area (TPSA) is 55.2 Å². The van der Waals surface area contributed by atoms with Gasteiger partial charge in [0, 0.05) is 12.5 Å². The molecule has 1 heterocycles. The maximum absolute atomic E-state index is 13.9. The van der Waals surface area contributed by atoms with E-state index in [4.69, 9.17) is 4.74 Å². The van der Waals surface area contributed by atoms with Gasteiger partial charge in [-0.15, -0.1) is 0 Å². The average molecular weight is 280 g/mol. The van der Waals surface area contributed by atoms with Gasteiger partial charge in [0.05, 0.1) is 24.5 Å². The molecule has 1 unspecified atom stereocenters. The smallest absolute Gasteiger partial charge is 0.216 e. The summed E-state index contributed by atoms with van der Waals surface area (Å²) in [5, 5.41) is 10.0. The Bertz CT molecular complexity index is 620. The van der Waals surface area contributed by atoms with Gasteiger partial charge in [-0.05, 0) is 18.6 Å². The molecule has 2 rings (SSSR count). The van der Waals surface area contributed by atoms with Crippen LogP contribution in [-0.2, 0) is 6.42 Å². The monoisotopic (exact) mass is 280 g/mol. The molecule has 1 atom stereocenters. The quantitative estimate of drug-likeness (QED) is 0.934. The third-order valence-corrected chi connectivity index (χ3v) is 2.96. The zero-order valence-electron chi connectivity index (χ0n) is 11.1. The first-order valence-corrected chi connectivity index (χ1v) is 6.00. The third kappa shape index (κ3) is 2.91. The van der Waals surface area contributed by atoms with E-state index in [0.29, 0.717) is 11.6 Å². The molecule has 0 aliphatic carbocycles. The number of hydrogen-bond donors (Lipinski definition) is 1. The lowest BCUT2D eigenvalue weighted by Crippen LogP contribution is -2.09. The molecular weight excluding hydrogens is 266 g/mol. The van der Waals surface area contributed by atoms with Crippen molar-refractivity contribution >= 4 is 0 Å². The van der Waals surface area contributed by atoms with E-state index in [1.54, 1.807) is 0 Å². The van der Waals surface area contributed by atoms with Crippen molar-refractivity contribution < 1.29 is 18.6 Å². The maximum Gasteiger partial charge on any atom is 0.216 e. The summed E-state index contributed by atoms with van der Waals surface area (Å²) in [6, 6.07) is 3.97. The number of rotatable bonds is 4. The highest BCUT2D eigenvalue weighted by Crippen LogP contribution is 2.26. The van der Waals surface area contributed by atoms with Gasteiger partial charge in [0.15, 0.2) is 0 Å². The van der Waals surface area contributed by atoms with Crippen LogP contribution in [0.1, 0.15) is 22.9 Å². The van der Waals surface area contributed by atoms with Crippen molar-refractivity contribution in [3.8, 4) is 5.88 Å². The number of benzene rings is 1. The van der Waals surface area contributed by atoms with Crippen LogP contribution in [0, 0.1) is 18.6 Å². The van der Waals surface area contributed by atoms with Crippen LogP contribution >= 0.6 is 0 Å². The normalized spacial score (nSPS) is 12.2. The summed E-state index contributed by atoms with van der Waals surface area (Å²) in [7, 11) is 1.45. The molecule has 0 aliphatic rings. The van der Waals surface area contributed by atoms with Gasteiger partial charge in [-0.1, -0.05) is 6.07 Å². The Kier molecular flexibility index (Phi) is 4.24. The summed E-state index contributed by atoms with van der Waals surface area (Å²) in [6.07, 6.45) is -0.0884. The molecule has 2 aromatic rings. The van der Waals surface area contributed by atoms with E-state index in [2.05, 4.69) is 9.97 Å². The number of aliphatic hydroxyl groups is 1. The third-order valence-electron chi connectivity index (χ3n) is 2.96. The van der Waals surface area contributed by atoms with Gasteiger partial charge >= 0.3 is 0 Å². The molecule has 1 aromatic carbocycles. The van der Waals surface area contributed by atoms with Crippen LogP contribution in [0.15, 0.2) is 24.5 Å². The maximum atomic E-state index is 13.9. The molecule has 1 aromatic heterocycles.